The fourth-order valence-electron chi connectivity index (χ4n) is 2.96. The van der Waals surface area contributed by atoms with Gasteiger partial charge in [0.1, 0.15) is 0 Å². The van der Waals surface area contributed by atoms with Gasteiger partial charge in [-0.25, -0.2) is 0 Å². The summed E-state index contributed by atoms with van der Waals surface area (Å²) in [7, 11) is 0. The number of hydrogen-bond donors (Lipinski definition) is 1. The highest BCUT2D eigenvalue weighted by molar-refractivity contribution is 5.93. The molecule has 0 saturated carbocycles. The van der Waals surface area contributed by atoms with E-state index >= 15 is 0 Å². The van der Waals surface area contributed by atoms with Gasteiger partial charge in [-0.2, -0.15) is 0 Å². The number of hydrogen-bond acceptors (Lipinski definition) is 3. The van der Waals surface area contributed by atoms with E-state index in [2.05, 4.69) is 42.3 Å². The highest BCUT2D eigenvalue weighted by atomic mass is 16.5. The Labute approximate surface area is 120 Å². The Morgan fingerprint density at radius 1 is 1.35 bits per heavy atom. The van der Waals surface area contributed by atoms with Gasteiger partial charge < -0.3 is 10.1 Å². The second-order valence-electron chi connectivity index (χ2n) is 5.60. The van der Waals surface area contributed by atoms with Gasteiger partial charge >= 0.3 is 0 Å². The molecule has 0 bridgehead atoms. The van der Waals surface area contributed by atoms with E-state index in [4.69, 9.17) is 4.74 Å². The fraction of sp³-hybridized carbons (Fsp3) is 0.471. The lowest BCUT2D eigenvalue weighted by Gasteiger charge is -2.30. The van der Waals surface area contributed by atoms with E-state index in [-0.39, 0.29) is 0 Å². The van der Waals surface area contributed by atoms with E-state index in [0.29, 0.717) is 12.1 Å². The summed E-state index contributed by atoms with van der Waals surface area (Å²) in [4.78, 5) is 4.50. The minimum atomic E-state index is 0.399. The molecule has 2 heterocycles. The molecule has 0 spiro atoms. The Morgan fingerprint density at radius 2 is 2.25 bits per heavy atom. The van der Waals surface area contributed by atoms with Crippen LogP contribution in [0.4, 0.5) is 5.69 Å². The van der Waals surface area contributed by atoms with Crippen LogP contribution in [0.5, 0.6) is 0 Å². The van der Waals surface area contributed by atoms with E-state index in [0.717, 1.165) is 31.4 Å². The molecule has 20 heavy (non-hydrogen) atoms. The maximum absolute atomic E-state index is 5.75. The molecule has 1 aliphatic rings. The summed E-state index contributed by atoms with van der Waals surface area (Å²) in [5.74, 6) is 0. The quantitative estimate of drug-likeness (QED) is 0.918. The molecular formula is C17H22N2O. The first-order valence-electron chi connectivity index (χ1n) is 7.50. The Hall–Kier alpha value is -1.61. The molecular weight excluding hydrogens is 248 g/mol. The van der Waals surface area contributed by atoms with Crippen LogP contribution in [0.3, 0.4) is 0 Å². The van der Waals surface area contributed by atoms with Crippen LogP contribution in [0.25, 0.3) is 10.9 Å². The summed E-state index contributed by atoms with van der Waals surface area (Å²) >= 11 is 0. The summed E-state index contributed by atoms with van der Waals surface area (Å²) in [5, 5.41) is 4.91. The van der Waals surface area contributed by atoms with Crippen molar-refractivity contribution in [1.29, 1.82) is 0 Å². The van der Waals surface area contributed by atoms with Crippen molar-refractivity contribution < 1.29 is 4.74 Å². The van der Waals surface area contributed by atoms with Crippen LogP contribution in [0.15, 0.2) is 30.5 Å². The zero-order valence-electron chi connectivity index (χ0n) is 12.2. The highest BCUT2D eigenvalue weighted by Crippen LogP contribution is 2.27. The fourth-order valence-corrected chi connectivity index (χ4v) is 2.96. The number of nitrogens with zero attached hydrogens (tertiary/aromatic N) is 1. The first kappa shape index (κ1) is 13.4. The van der Waals surface area contributed by atoms with Crippen molar-refractivity contribution in [2.45, 2.75) is 45.3 Å². The topological polar surface area (TPSA) is 34.2 Å². The minimum Gasteiger partial charge on any atom is -0.382 e. The second-order valence-corrected chi connectivity index (χ2v) is 5.60. The lowest BCUT2D eigenvalue weighted by atomic mass is 10.0. The molecule has 1 N–H and O–H groups in total. The van der Waals surface area contributed by atoms with Gasteiger partial charge in [-0.15, -0.1) is 0 Å². The third kappa shape index (κ3) is 2.63. The molecule has 1 saturated heterocycles. The van der Waals surface area contributed by atoms with E-state index < -0.39 is 0 Å². The molecule has 3 heteroatoms. The largest absolute Gasteiger partial charge is 0.382 e. The molecule has 1 aliphatic heterocycles. The maximum Gasteiger partial charge on any atom is 0.0751 e. The summed E-state index contributed by atoms with van der Waals surface area (Å²) < 4.78 is 5.75. The van der Waals surface area contributed by atoms with Gasteiger partial charge in [0.2, 0.25) is 0 Å². The lowest BCUT2D eigenvalue weighted by Crippen LogP contribution is -2.33. The Balaban J connectivity index is 1.86. The summed E-state index contributed by atoms with van der Waals surface area (Å²) in [5.41, 5.74) is 3.52. The van der Waals surface area contributed by atoms with Gasteiger partial charge in [-0.05, 0) is 49.9 Å². The monoisotopic (exact) mass is 270 g/mol. The van der Waals surface area contributed by atoms with Gasteiger partial charge in [0.15, 0.2) is 0 Å². The molecule has 1 aromatic carbocycles. The van der Waals surface area contributed by atoms with E-state index in [1.165, 1.54) is 16.6 Å². The standard InChI is InChI=1S/C17H22N2O/c1-3-14-11-13(8-10-20-14)19-16-7-6-12(2)17-15(16)5-4-9-18-17/h4-7,9,13-14,19H,3,8,10-11H2,1-2H3. The first-order chi connectivity index (χ1) is 9.78. The third-order valence-corrected chi connectivity index (χ3v) is 4.15. The molecule has 3 nitrogen and oxygen atoms in total. The number of rotatable bonds is 3. The number of aryl methyl sites for hydroxylation is 1. The second kappa shape index (κ2) is 5.80. The molecule has 2 atom stereocenters. The number of ether oxygens (including phenoxy) is 1. The van der Waals surface area contributed by atoms with Crippen LogP contribution in [0, 0.1) is 6.92 Å². The van der Waals surface area contributed by atoms with E-state index in [1.54, 1.807) is 0 Å². The molecule has 106 valence electrons. The minimum absolute atomic E-state index is 0.399. The SMILES string of the molecule is CCC1CC(Nc2ccc(C)c3ncccc23)CCO1. The average Bonchev–Trinajstić information content (AvgIpc) is 2.51. The van der Waals surface area contributed by atoms with Crippen molar-refractivity contribution in [3.05, 3.63) is 36.0 Å². The zero-order valence-corrected chi connectivity index (χ0v) is 12.2. The number of aromatic nitrogens is 1. The lowest BCUT2D eigenvalue weighted by molar-refractivity contribution is 0.00927. The third-order valence-electron chi connectivity index (χ3n) is 4.15. The van der Waals surface area contributed by atoms with Crippen LogP contribution in [0.1, 0.15) is 31.7 Å². The molecule has 1 fully saturated rings. The number of fused-ring (bicyclic) bond motifs is 1. The molecule has 0 amide bonds. The molecule has 3 rings (SSSR count). The number of nitrogens with one attached hydrogen (secondary N) is 1. The normalized spacial score (nSPS) is 22.9. The van der Waals surface area contributed by atoms with Gasteiger partial charge in [0.05, 0.1) is 11.6 Å². The van der Waals surface area contributed by atoms with Crippen LogP contribution in [0.2, 0.25) is 0 Å². The predicted molar refractivity (Wildman–Crippen MR) is 83.2 cm³/mol. The van der Waals surface area contributed by atoms with Crippen molar-refractivity contribution in [2.75, 3.05) is 11.9 Å². The van der Waals surface area contributed by atoms with Crippen molar-refractivity contribution in [1.82, 2.24) is 4.98 Å². The average molecular weight is 270 g/mol. The van der Waals surface area contributed by atoms with Gasteiger partial charge in [0, 0.05) is 29.9 Å². The van der Waals surface area contributed by atoms with Gasteiger partial charge in [-0.3, -0.25) is 4.98 Å². The van der Waals surface area contributed by atoms with Crippen LogP contribution in [-0.2, 0) is 4.74 Å². The van der Waals surface area contributed by atoms with E-state index in [9.17, 15) is 0 Å². The van der Waals surface area contributed by atoms with Crippen molar-refractivity contribution >= 4 is 16.6 Å². The molecule has 2 aromatic rings. The molecule has 0 radical (unpaired) electrons. The number of anilines is 1. The molecule has 2 unspecified atom stereocenters. The van der Waals surface area contributed by atoms with Crippen molar-refractivity contribution in [3.8, 4) is 0 Å². The molecule has 1 aromatic heterocycles. The highest BCUT2D eigenvalue weighted by Gasteiger charge is 2.21. The summed E-state index contributed by atoms with van der Waals surface area (Å²) in [6.07, 6.45) is 5.52. The van der Waals surface area contributed by atoms with Crippen molar-refractivity contribution in [2.24, 2.45) is 0 Å². The van der Waals surface area contributed by atoms with Gasteiger partial charge in [0.25, 0.3) is 0 Å². The number of benzene rings is 1. The Morgan fingerprint density at radius 3 is 3.10 bits per heavy atom. The maximum atomic E-state index is 5.75. The smallest absolute Gasteiger partial charge is 0.0751 e. The Kier molecular flexibility index (Phi) is 3.88. The van der Waals surface area contributed by atoms with Crippen molar-refractivity contribution in [3.63, 3.8) is 0 Å². The molecule has 0 aliphatic carbocycles. The summed E-state index contributed by atoms with van der Waals surface area (Å²) in [6.45, 7) is 5.16. The van der Waals surface area contributed by atoms with E-state index in [1.807, 2.05) is 12.3 Å². The first-order valence-corrected chi connectivity index (χ1v) is 7.50. The Bertz CT molecular complexity index is 597. The van der Waals surface area contributed by atoms with Crippen LogP contribution < -0.4 is 5.32 Å². The predicted octanol–water partition coefficient (Wildman–Crippen LogP) is 3.91. The van der Waals surface area contributed by atoms with Crippen LogP contribution >= 0.6 is 0 Å². The van der Waals surface area contributed by atoms with Gasteiger partial charge in [-0.1, -0.05) is 13.0 Å². The van der Waals surface area contributed by atoms with Crippen LogP contribution in [-0.4, -0.2) is 23.7 Å². The summed E-state index contributed by atoms with van der Waals surface area (Å²) in [6, 6.07) is 8.98. The number of pyridine rings is 1. The zero-order chi connectivity index (χ0) is 13.9.